The number of hydrogen-bond donors (Lipinski definition) is 1. The molecule has 1 aliphatic heterocycles. The van der Waals surface area contributed by atoms with E-state index >= 15 is 0 Å². The molecule has 2 aliphatic carbocycles. The van der Waals surface area contributed by atoms with E-state index in [1.807, 2.05) is 23.1 Å². The van der Waals surface area contributed by atoms with Crippen molar-refractivity contribution in [2.24, 2.45) is 5.92 Å². The Labute approximate surface area is 277 Å². The second-order valence-corrected chi connectivity index (χ2v) is 28.1. The van der Waals surface area contributed by atoms with Crippen LogP contribution < -0.4 is 4.98 Å². The van der Waals surface area contributed by atoms with E-state index in [2.05, 4.69) is 128 Å². The van der Waals surface area contributed by atoms with Crippen LogP contribution in [0, 0.1) is 13.3 Å². The Bertz CT molecular complexity index is 975. The van der Waals surface area contributed by atoms with Gasteiger partial charge in [0.15, 0.2) is 0 Å². The van der Waals surface area contributed by atoms with Gasteiger partial charge in [-0.25, -0.2) is 0 Å². The second-order valence-electron chi connectivity index (χ2n) is 13.2. The fourth-order valence-electron chi connectivity index (χ4n) is 6.04. The molecule has 1 aromatic rings. The predicted molar refractivity (Wildman–Crippen MR) is 188 cm³/mol. The van der Waals surface area contributed by atoms with E-state index < -0.39 is 33.5 Å². The van der Waals surface area contributed by atoms with Gasteiger partial charge >= 0.3 is 35.6 Å². The molecule has 2 nitrogen and oxygen atoms in total. The van der Waals surface area contributed by atoms with Gasteiger partial charge in [0, 0.05) is 47.0 Å². The quantitative estimate of drug-likeness (QED) is 0.243. The van der Waals surface area contributed by atoms with Crippen molar-refractivity contribution < 1.29 is 17.0 Å². The minimum atomic E-state index is -1.49. The monoisotopic (exact) mass is 794 g/mol. The van der Waals surface area contributed by atoms with Crippen molar-refractivity contribution in [1.29, 1.82) is 0 Å². The zero-order valence-electron chi connectivity index (χ0n) is 24.8. The molecular weight excluding hydrogens is 751 g/mol. The average Bonchev–Trinajstić information content (AvgIpc) is 3.44. The third-order valence-electron chi connectivity index (χ3n) is 6.83. The molecule has 0 spiro atoms. The summed E-state index contributed by atoms with van der Waals surface area (Å²) >= 11 is 10.7. The standard InChI is InChI=1S/C13H23BrNSSi.C13H20BrNSSi.CH3.2ClH.Ti/c2*1-13(2,3)15-17(4,5)11-7-6-9-10(14)8-16-12(9)11;;;;/h8-9,11-12H,6-7H2,1-5H3;6-8,11,15H,1-5H3;1H3;2*1H;/q-1;;-1;;;+2/p-2. The molecule has 0 aromatic carbocycles. The van der Waals surface area contributed by atoms with Crippen molar-refractivity contribution in [3.63, 3.8) is 0 Å². The van der Waals surface area contributed by atoms with Crippen LogP contribution in [-0.4, -0.2) is 32.8 Å². The Morgan fingerprint density at radius 1 is 1.05 bits per heavy atom. The molecule has 0 bridgehead atoms. The molecule has 218 valence electrons. The van der Waals surface area contributed by atoms with Crippen molar-refractivity contribution in [2.75, 3.05) is 0 Å². The van der Waals surface area contributed by atoms with Gasteiger partial charge in [-0.1, -0.05) is 95.2 Å². The summed E-state index contributed by atoms with van der Waals surface area (Å²) in [6.07, 6.45) is 7.40. The summed E-state index contributed by atoms with van der Waals surface area (Å²) in [5, 5.41) is 5.34. The molecule has 1 N–H and O–H groups in total. The first-order chi connectivity index (χ1) is 16.8. The topological polar surface area (TPSA) is 26.1 Å². The first kappa shape index (κ1) is 38.2. The molecule has 0 radical (unpaired) electrons. The Kier molecular flexibility index (Phi) is 15.3. The number of halogens is 4. The zero-order valence-corrected chi connectivity index (χ0v) is 34.7. The first-order valence-corrected chi connectivity index (χ1v) is 26.6. The van der Waals surface area contributed by atoms with Crippen LogP contribution in [0.5, 0.6) is 0 Å². The molecule has 2 heterocycles. The van der Waals surface area contributed by atoms with Gasteiger partial charge in [0.2, 0.25) is 0 Å². The SMILES string of the molecule is CC(C)(C)N[Si](C)(C)C1C=Cc2c(Br)csc21.CC(C)(C)[N-][Si](C)(C)C1CCC2C(Br)=CSC21.[CH3-].[Cl][Ti][Cl]. The van der Waals surface area contributed by atoms with E-state index in [4.69, 9.17) is 23.6 Å². The van der Waals surface area contributed by atoms with Gasteiger partial charge in [0.05, 0.1) is 0 Å². The summed E-state index contributed by atoms with van der Waals surface area (Å²) in [4.78, 5) is 10.6. The third-order valence-corrected chi connectivity index (χ3v) is 18.9. The molecule has 0 saturated heterocycles. The fraction of sp³-hybridized carbons (Fsp3) is 0.667. The molecule has 4 atom stereocenters. The maximum atomic E-state index is 5.20. The molecule has 0 amide bonds. The van der Waals surface area contributed by atoms with Crippen molar-refractivity contribution in [1.82, 2.24) is 4.98 Å². The summed E-state index contributed by atoms with van der Waals surface area (Å²) in [6, 6.07) is 0. The molecular formula is C27H46Br2Cl2N2S2Si2Ti-2. The molecule has 1 fully saturated rings. The van der Waals surface area contributed by atoms with Gasteiger partial charge < -0.3 is 17.4 Å². The van der Waals surface area contributed by atoms with Gasteiger partial charge in [-0.15, -0.1) is 28.6 Å². The number of thiophene rings is 1. The maximum absolute atomic E-state index is 5.20. The van der Waals surface area contributed by atoms with Crippen LogP contribution >= 0.6 is 73.6 Å². The number of nitrogens with zero attached hydrogens (tertiary/aromatic N) is 1. The third kappa shape index (κ3) is 10.7. The summed E-state index contributed by atoms with van der Waals surface area (Å²) in [6.45, 7) is 23.3. The van der Waals surface area contributed by atoms with Gasteiger partial charge in [0.1, 0.15) is 8.24 Å². The van der Waals surface area contributed by atoms with E-state index in [9.17, 15) is 0 Å². The van der Waals surface area contributed by atoms with Gasteiger partial charge in [-0.2, -0.15) is 0 Å². The number of rotatable bonds is 4. The first-order valence-electron chi connectivity index (χ1n) is 12.8. The Morgan fingerprint density at radius 2 is 1.63 bits per heavy atom. The van der Waals surface area contributed by atoms with E-state index in [1.165, 1.54) is 32.2 Å². The molecule has 4 unspecified atom stereocenters. The van der Waals surface area contributed by atoms with Gasteiger partial charge in [-0.05, 0) is 48.5 Å². The van der Waals surface area contributed by atoms with E-state index in [0.717, 1.165) is 16.7 Å². The fourth-order valence-corrected chi connectivity index (χ4v) is 19.6. The second kappa shape index (κ2) is 15.2. The molecule has 1 aromatic heterocycles. The molecule has 3 aliphatic rings. The number of fused-ring (bicyclic) bond motifs is 2. The zero-order chi connectivity index (χ0) is 28.4. The van der Waals surface area contributed by atoms with Gasteiger partial charge in [-0.3, -0.25) is 0 Å². The molecule has 38 heavy (non-hydrogen) atoms. The number of thioether (sulfide) groups is 1. The van der Waals surface area contributed by atoms with Crippen LogP contribution in [-0.2, 0) is 17.0 Å². The van der Waals surface area contributed by atoms with Crippen LogP contribution in [0.3, 0.4) is 0 Å². The predicted octanol–water partition coefficient (Wildman–Crippen LogP) is 12.1. The van der Waals surface area contributed by atoms with Crippen molar-refractivity contribution in [2.45, 2.75) is 108 Å². The summed E-state index contributed by atoms with van der Waals surface area (Å²) in [5.41, 5.74) is 3.18. The molecule has 1 saturated carbocycles. The molecule has 4 rings (SSSR count). The van der Waals surface area contributed by atoms with Crippen molar-refractivity contribution >= 4 is 96.1 Å². The van der Waals surface area contributed by atoms with Crippen molar-refractivity contribution in [3.05, 3.63) is 48.7 Å². The summed E-state index contributed by atoms with van der Waals surface area (Å²) < 4.78 is 2.69. The van der Waals surface area contributed by atoms with Gasteiger partial charge in [0.25, 0.3) is 0 Å². The average molecular weight is 798 g/mol. The number of allylic oxidation sites excluding steroid dienone is 2. The number of nitrogens with one attached hydrogen (secondary N) is 1. The normalized spacial score (nSPS) is 24.3. The Balaban J connectivity index is 0.000000337. The minimum absolute atomic E-state index is 0. The number of hydrogen-bond acceptors (Lipinski definition) is 3. The van der Waals surface area contributed by atoms with Crippen LogP contribution in [0.4, 0.5) is 0 Å². The Morgan fingerprint density at radius 3 is 2.16 bits per heavy atom. The van der Waals surface area contributed by atoms with E-state index in [-0.39, 0.29) is 18.5 Å². The summed E-state index contributed by atoms with van der Waals surface area (Å²) in [7, 11) is 6.82. The van der Waals surface area contributed by atoms with Crippen LogP contribution in [0.1, 0.15) is 70.4 Å². The van der Waals surface area contributed by atoms with Crippen LogP contribution in [0.2, 0.25) is 31.7 Å². The van der Waals surface area contributed by atoms with E-state index in [1.54, 1.807) is 0 Å². The van der Waals surface area contributed by atoms with Crippen molar-refractivity contribution in [3.8, 4) is 0 Å². The Hall–Kier alpha value is 2.14. The van der Waals surface area contributed by atoms with E-state index in [0.29, 0.717) is 5.54 Å². The van der Waals surface area contributed by atoms with Crippen LogP contribution in [0.25, 0.3) is 11.1 Å². The van der Waals surface area contributed by atoms with Crippen LogP contribution in [0.15, 0.2) is 25.8 Å². The molecule has 11 heteroatoms. The summed E-state index contributed by atoms with van der Waals surface area (Å²) in [5.74, 6) is 0.784.